The fraction of sp³-hybridized carbons (Fsp3) is 0.593. The number of hydrogen-bond acceptors (Lipinski definition) is 10. The van der Waals surface area contributed by atoms with Gasteiger partial charge in [0.1, 0.15) is 16.8 Å². The van der Waals surface area contributed by atoms with E-state index in [9.17, 15) is 10.2 Å². The van der Waals surface area contributed by atoms with Crippen molar-refractivity contribution in [3.05, 3.63) is 35.5 Å². The normalized spacial score (nSPS) is 17.6. The van der Waals surface area contributed by atoms with Gasteiger partial charge in [0.25, 0.3) is 0 Å². The van der Waals surface area contributed by atoms with Crippen LogP contribution >= 0.6 is 0 Å². The Labute approximate surface area is 224 Å². The third kappa shape index (κ3) is 6.90. The molecule has 0 amide bonds. The SMILES string of the molecule is CCC[C@@H](CCO)Nc1nc(N)nc2cnn(Cc3ccc(C4CN(CC(C)(C)O)CCN4)cc3OC)c12. The molecule has 1 fully saturated rings. The van der Waals surface area contributed by atoms with Gasteiger partial charge in [-0.25, -0.2) is 4.98 Å². The van der Waals surface area contributed by atoms with Gasteiger partial charge in [-0.3, -0.25) is 9.58 Å². The molecule has 1 aromatic carbocycles. The first-order valence-electron chi connectivity index (χ1n) is 13.4. The summed E-state index contributed by atoms with van der Waals surface area (Å²) in [5.74, 6) is 1.58. The molecule has 0 spiro atoms. The second kappa shape index (κ2) is 12.2. The molecule has 3 heterocycles. The lowest BCUT2D eigenvalue weighted by Crippen LogP contribution is -2.50. The summed E-state index contributed by atoms with van der Waals surface area (Å²) in [7, 11) is 1.68. The van der Waals surface area contributed by atoms with Crippen LogP contribution in [0.1, 0.15) is 57.2 Å². The highest BCUT2D eigenvalue weighted by Gasteiger charge is 2.26. The summed E-state index contributed by atoms with van der Waals surface area (Å²) < 4.78 is 7.67. The van der Waals surface area contributed by atoms with E-state index in [1.165, 1.54) is 0 Å². The molecule has 11 nitrogen and oxygen atoms in total. The first-order valence-corrected chi connectivity index (χ1v) is 13.4. The lowest BCUT2D eigenvalue weighted by atomic mass is 10.0. The topological polar surface area (TPSA) is 147 Å². The third-order valence-electron chi connectivity index (χ3n) is 6.87. The molecular weight excluding hydrogens is 484 g/mol. The molecule has 6 N–H and O–H groups in total. The minimum Gasteiger partial charge on any atom is -0.496 e. The summed E-state index contributed by atoms with van der Waals surface area (Å²) >= 11 is 0. The molecule has 0 bridgehead atoms. The fourth-order valence-corrected chi connectivity index (χ4v) is 5.22. The number of piperazine rings is 1. The van der Waals surface area contributed by atoms with E-state index in [-0.39, 0.29) is 24.6 Å². The number of nitrogens with two attached hydrogens (primary N) is 1. The standard InChI is InChI=1S/C27H42N8O3/c1-5-6-20(9-12-36)31-25-24-21(32-26(28)33-25)14-30-35(24)15-19-8-7-18(13-23(19)38-4)22-16-34(11-10-29-22)17-27(2,3)37/h7-8,13-14,20,22,29,36-37H,5-6,9-12,15-17H2,1-4H3,(H3,28,31,32,33)/t20-,22?/m0/s1. The predicted molar refractivity (Wildman–Crippen MR) is 149 cm³/mol. The Balaban J connectivity index is 1.59. The first kappa shape index (κ1) is 28.0. The highest BCUT2D eigenvalue weighted by atomic mass is 16.5. The van der Waals surface area contributed by atoms with E-state index in [0.717, 1.165) is 54.9 Å². The van der Waals surface area contributed by atoms with Gasteiger partial charge in [0, 0.05) is 50.4 Å². The van der Waals surface area contributed by atoms with Crippen molar-refractivity contribution in [3.8, 4) is 5.75 Å². The Morgan fingerprint density at radius 1 is 1.29 bits per heavy atom. The van der Waals surface area contributed by atoms with Crippen LogP contribution in [0.3, 0.4) is 0 Å². The van der Waals surface area contributed by atoms with Gasteiger partial charge in [-0.2, -0.15) is 10.1 Å². The molecule has 1 saturated heterocycles. The third-order valence-corrected chi connectivity index (χ3v) is 6.87. The number of hydrogen-bond donors (Lipinski definition) is 5. The summed E-state index contributed by atoms with van der Waals surface area (Å²) in [6.07, 6.45) is 4.20. The van der Waals surface area contributed by atoms with Gasteiger partial charge in [-0.1, -0.05) is 25.5 Å². The van der Waals surface area contributed by atoms with E-state index in [2.05, 4.69) is 55.7 Å². The molecular formula is C27H42N8O3. The average molecular weight is 527 g/mol. The van der Waals surface area contributed by atoms with E-state index in [4.69, 9.17) is 10.5 Å². The Morgan fingerprint density at radius 2 is 2.11 bits per heavy atom. The van der Waals surface area contributed by atoms with Crippen LogP contribution in [0.15, 0.2) is 24.4 Å². The molecule has 1 aliphatic heterocycles. The van der Waals surface area contributed by atoms with E-state index < -0.39 is 5.60 Å². The van der Waals surface area contributed by atoms with Crippen molar-refractivity contribution < 1.29 is 14.9 Å². The van der Waals surface area contributed by atoms with Gasteiger partial charge in [0.05, 0.1) is 25.5 Å². The number of methoxy groups -OCH3 is 1. The lowest BCUT2D eigenvalue weighted by Gasteiger charge is -2.37. The van der Waals surface area contributed by atoms with Crippen molar-refractivity contribution in [2.75, 3.05) is 50.9 Å². The van der Waals surface area contributed by atoms with Crippen LogP contribution in [0.25, 0.3) is 11.0 Å². The minimum atomic E-state index is -0.729. The number of anilines is 2. The summed E-state index contributed by atoms with van der Waals surface area (Å²) in [4.78, 5) is 11.2. The van der Waals surface area contributed by atoms with Crippen LogP contribution in [0.4, 0.5) is 11.8 Å². The molecule has 208 valence electrons. The van der Waals surface area contributed by atoms with Gasteiger partial charge in [0.2, 0.25) is 5.95 Å². The molecule has 1 aliphatic rings. The Hall–Kier alpha value is -2.99. The molecule has 11 heteroatoms. The Morgan fingerprint density at radius 3 is 2.82 bits per heavy atom. The van der Waals surface area contributed by atoms with Gasteiger partial charge < -0.3 is 31.3 Å². The molecule has 1 unspecified atom stereocenters. The first-order chi connectivity index (χ1) is 18.2. The van der Waals surface area contributed by atoms with Gasteiger partial charge in [-0.15, -0.1) is 0 Å². The van der Waals surface area contributed by atoms with Gasteiger partial charge in [-0.05, 0) is 38.3 Å². The summed E-state index contributed by atoms with van der Waals surface area (Å²) in [5, 5.41) is 31.4. The maximum absolute atomic E-state index is 10.3. The molecule has 2 aromatic heterocycles. The average Bonchev–Trinajstić information content (AvgIpc) is 3.26. The predicted octanol–water partition coefficient (Wildman–Crippen LogP) is 2.15. The number of aromatic nitrogens is 4. The molecule has 0 aliphatic carbocycles. The van der Waals surface area contributed by atoms with E-state index in [1.807, 2.05) is 18.5 Å². The zero-order valence-electron chi connectivity index (χ0n) is 22.9. The van der Waals surface area contributed by atoms with Crippen molar-refractivity contribution in [2.45, 2.75) is 64.3 Å². The van der Waals surface area contributed by atoms with Crippen LogP contribution in [-0.2, 0) is 6.54 Å². The number of fused-ring (bicyclic) bond motifs is 1. The van der Waals surface area contributed by atoms with Crippen molar-refractivity contribution in [1.82, 2.24) is 30.0 Å². The molecule has 3 aromatic rings. The smallest absolute Gasteiger partial charge is 0.222 e. The van der Waals surface area contributed by atoms with Crippen LogP contribution < -0.4 is 21.1 Å². The molecule has 38 heavy (non-hydrogen) atoms. The molecule has 4 rings (SSSR count). The Kier molecular flexibility index (Phi) is 9.03. The highest BCUT2D eigenvalue weighted by Crippen LogP contribution is 2.29. The number of β-amino-alcohol motifs (C(OH)–C–C–N with tert-alkyl or cyclic N) is 1. The van der Waals surface area contributed by atoms with Crippen LogP contribution in [0.2, 0.25) is 0 Å². The summed E-state index contributed by atoms with van der Waals surface area (Å²) in [6, 6.07) is 6.50. The summed E-state index contributed by atoms with van der Waals surface area (Å²) in [5.41, 5.74) is 8.81. The largest absolute Gasteiger partial charge is 0.496 e. The molecule has 2 atom stereocenters. The lowest BCUT2D eigenvalue weighted by molar-refractivity contribution is 0.0266. The zero-order chi connectivity index (χ0) is 27.3. The summed E-state index contributed by atoms with van der Waals surface area (Å²) in [6.45, 7) is 9.58. The zero-order valence-corrected chi connectivity index (χ0v) is 22.9. The number of aliphatic hydroxyl groups excluding tert-OH is 1. The molecule has 0 saturated carbocycles. The number of benzene rings is 1. The van der Waals surface area contributed by atoms with Gasteiger partial charge >= 0.3 is 0 Å². The number of ether oxygens (including phenoxy) is 1. The molecule has 0 radical (unpaired) electrons. The fourth-order valence-electron chi connectivity index (χ4n) is 5.22. The van der Waals surface area contributed by atoms with Crippen LogP contribution in [0.5, 0.6) is 5.75 Å². The van der Waals surface area contributed by atoms with Crippen molar-refractivity contribution >= 4 is 22.8 Å². The Bertz CT molecular complexity index is 1200. The van der Waals surface area contributed by atoms with Gasteiger partial charge in [0.15, 0.2) is 5.82 Å². The monoisotopic (exact) mass is 526 g/mol. The van der Waals surface area contributed by atoms with Crippen molar-refractivity contribution in [2.24, 2.45) is 0 Å². The quantitative estimate of drug-likeness (QED) is 0.238. The van der Waals surface area contributed by atoms with E-state index in [0.29, 0.717) is 30.8 Å². The number of nitrogen functional groups attached to an aromatic ring is 1. The number of rotatable bonds is 12. The van der Waals surface area contributed by atoms with Crippen LogP contribution in [0, 0.1) is 0 Å². The number of aliphatic hydroxyl groups is 2. The van der Waals surface area contributed by atoms with Crippen molar-refractivity contribution in [3.63, 3.8) is 0 Å². The highest BCUT2D eigenvalue weighted by molar-refractivity contribution is 5.86. The van der Waals surface area contributed by atoms with Crippen molar-refractivity contribution in [1.29, 1.82) is 0 Å². The minimum absolute atomic E-state index is 0.0682. The second-order valence-electron chi connectivity index (χ2n) is 10.7. The number of nitrogens with one attached hydrogen (secondary N) is 2. The van der Waals surface area contributed by atoms with Crippen LogP contribution in [-0.4, -0.2) is 86.4 Å². The second-order valence-corrected chi connectivity index (χ2v) is 10.7. The van der Waals surface area contributed by atoms with E-state index >= 15 is 0 Å². The van der Waals surface area contributed by atoms with E-state index in [1.54, 1.807) is 13.3 Å². The maximum Gasteiger partial charge on any atom is 0.222 e. The maximum atomic E-state index is 10.3. The number of nitrogens with zero attached hydrogens (tertiary/aromatic N) is 5.